The fourth-order valence-corrected chi connectivity index (χ4v) is 2.35. The van der Waals surface area contributed by atoms with E-state index in [1.54, 1.807) is 0 Å². The summed E-state index contributed by atoms with van der Waals surface area (Å²) in [6, 6.07) is 0. The second-order valence-electron chi connectivity index (χ2n) is 4.08. The van der Waals surface area contributed by atoms with E-state index in [-0.39, 0.29) is 24.0 Å². The van der Waals surface area contributed by atoms with Crippen molar-refractivity contribution in [2.24, 2.45) is 16.9 Å². The molecule has 96 valence electrons. The summed E-state index contributed by atoms with van der Waals surface area (Å²) < 4.78 is 4.51. The molecule has 17 heavy (non-hydrogen) atoms. The van der Waals surface area contributed by atoms with E-state index in [9.17, 15) is 9.59 Å². The van der Waals surface area contributed by atoms with Gasteiger partial charge in [0, 0.05) is 0 Å². The summed E-state index contributed by atoms with van der Waals surface area (Å²) >= 11 is 4.98. The molecule has 1 rings (SSSR count). The van der Waals surface area contributed by atoms with Gasteiger partial charge in [-0.2, -0.15) is 0 Å². The standard InChI is InChI=1S/C10H17N3O3S/c11-7(17)10(3-1-2-4-10)8(14)13-5-6-16-9(12)15/h1-6H2,(H2,11,17)(H2,12,15)(H,13,14). The molecule has 5 N–H and O–H groups in total. The average molecular weight is 259 g/mol. The Morgan fingerprint density at radius 1 is 1.29 bits per heavy atom. The molecule has 0 aromatic rings. The van der Waals surface area contributed by atoms with Crippen molar-refractivity contribution in [3.05, 3.63) is 0 Å². The molecule has 0 aromatic carbocycles. The molecule has 0 atom stereocenters. The van der Waals surface area contributed by atoms with Crippen molar-refractivity contribution in [1.82, 2.24) is 5.32 Å². The Labute approximate surface area is 105 Å². The molecule has 7 heteroatoms. The number of ether oxygens (including phenoxy) is 1. The van der Waals surface area contributed by atoms with Crippen LogP contribution in [0.4, 0.5) is 4.79 Å². The van der Waals surface area contributed by atoms with Crippen LogP contribution in [0.25, 0.3) is 0 Å². The Bertz CT molecular complexity index is 327. The average Bonchev–Trinajstić information content (AvgIpc) is 2.74. The van der Waals surface area contributed by atoms with E-state index in [0.717, 1.165) is 12.8 Å². The molecule has 0 unspecified atom stereocenters. The highest BCUT2D eigenvalue weighted by Gasteiger charge is 2.43. The maximum atomic E-state index is 12.0. The van der Waals surface area contributed by atoms with Gasteiger partial charge in [0.15, 0.2) is 0 Å². The fourth-order valence-electron chi connectivity index (χ4n) is 2.05. The summed E-state index contributed by atoms with van der Waals surface area (Å²) in [5.74, 6) is -0.185. The summed E-state index contributed by atoms with van der Waals surface area (Å²) in [5, 5.41) is 2.66. The molecule has 0 spiro atoms. The number of amides is 2. The first kappa shape index (κ1) is 13.7. The number of rotatable bonds is 5. The van der Waals surface area contributed by atoms with Gasteiger partial charge in [-0.15, -0.1) is 0 Å². The van der Waals surface area contributed by atoms with E-state index in [0.29, 0.717) is 12.8 Å². The maximum Gasteiger partial charge on any atom is 0.404 e. The molecule has 1 aliphatic carbocycles. The number of nitrogens with two attached hydrogens (primary N) is 2. The topological polar surface area (TPSA) is 107 Å². The van der Waals surface area contributed by atoms with Crippen LogP contribution >= 0.6 is 12.2 Å². The molecule has 0 bridgehead atoms. The van der Waals surface area contributed by atoms with Crippen LogP contribution in [-0.4, -0.2) is 30.1 Å². The summed E-state index contributed by atoms with van der Waals surface area (Å²) in [6.07, 6.45) is 2.41. The van der Waals surface area contributed by atoms with Gasteiger partial charge in [0.1, 0.15) is 6.61 Å². The van der Waals surface area contributed by atoms with Crippen LogP contribution in [0.1, 0.15) is 25.7 Å². The predicted octanol–water partition coefficient (Wildman–Crippen LogP) is 0.0444. The quantitative estimate of drug-likeness (QED) is 0.477. The lowest BCUT2D eigenvalue weighted by Gasteiger charge is -2.26. The van der Waals surface area contributed by atoms with Gasteiger partial charge in [-0.1, -0.05) is 25.1 Å². The van der Waals surface area contributed by atoms with Gasteiger partial charge in [-0.25, -0.2) is 4.79 Å². The molecule has 1 fully saturated rings. The van der Waals surface area contributed by atoms with Crippen molar-refractivity contribution in [2.45, 2.75) is 25.7 Å². The zero-order valence-electron chi connectivity index (χ0n) is 9.53. The van der Waals surface area contributed by atoms with Crippen LogP contribution in [0, 0.1) is 5.41 Å². The van der Waals surface area contributed by atoms with Crippen molar-refractivity contribution >= 4 is 29.2 Å². The molecule has 2 amide bonds. The van der Waals surface area contributed by atoms with E-state index in [4.69, 9.17) is 23.7 Å². The number of carbonyl (C=O) groups excluding carboxylic acids is 2. The highest BCUT2D eigenvalue weighted by molar-refractivity contribution is 7.80. The number of primary amides is 1. The highest BCUT2D eigenvalue weighted by atomic mass is 32.1. The molecule has 0 saturated heterocycles. The number of thiocarbonyl (C=S) groups is 1. The Morgan fingerprint density at radius 2 is 1.88 bits per heavy atom. The Morgan fingerprint density at radius 3 is 2.35 bits per heavy atom. The zero-order valence-corrected chi connectivity index (χ0v) is 10.3. The van der Waals surface area contributed by atoms with Crippen molar-refractivity contribution in [3.63, 3.8) is 0 Å². The van der Waals surface area contributed by atoms with Crippen LogP contribution in [-0.2, 0) is 9.53 Å². The summed E-state index contributed by atoms with van der Waals surface area (Å²) in [7, 11) is 0. The largest absolute Gasteiger partial charge is 0.448 e. The predicted molar refractivity (Wildman–Crippen MR) is 66.2 cm³/mol. The second-order valence-corrected chi connectivity index (χ2v) is 4.52. The van der Waals surface area contributed by atoms with E-state index >= 15 is 0 Å². The third-order valence-electron chi connectivity index (χ3n) is 3.00. The monoisotopic (exact) mass is 259 g/mol. The second kappa shape index (κ2) is 5.81. The summed E-state index contributed by atoms with van der Waals surface area (Å²) in [4.78, 5) is 22.6. The number of hydrogen-bond donors (Lipinski definition) is 3. The zero-order chi connectivity index (χ0) is 12.9. The Balaban J connectivity index is 2.44. The van der Waals surface area contributed by atoms with E-state index in [1.165, 1.54) is 0 Å². The molecule has 6 nitrogen and oxygen atoms in total. The van der Waals surface area contributed by atoms with E-state index < -0.39 is 11.5 Å². The van der Waals surface area contributed by atoms with Gasteiger partial charge in [0.05, 0.1) is 16.9 Å². The van der Waals surface area contributed by atoms with Crippen molar-refractivity contribution in [2.75, 3.05) is 13.2 Å². The van der Waals surface area contributed by atoms with Crippen molar-refractivity contribution in [1.29, 1.82) is 0 Å². The highest BCUT2D eigenvalue weighted by Crippen LogP contribution is 2.38. The minimum Gasteiger partial charge on any atom is -0.448 e. The summed E-state index contributed by atoms with van der Waals surface area (Å²) in [5.41, 5.74) is 9.72. The van der Waals surface area contributed by atoms with Crippen LogP contribution in [0.2, 0.25) is 0 Å². The van der Waals surface area contributed by atoms with Gasteiger partial charge in [0.25, 0.3) is 0 Å². The molecule has 0 aromatic heterocycles. The Hall–Kier alpha value is -1.37. The maximum absolute atomic E-state index is 12.0. The number of nitrogens with one attached hydrogen (secondary N) is 1. The minimum absolute atomic E-state index is 0.0501. The van der Waals surface area contributed by atoms with Gasteiger partial charge < -0.3 is 21.5 Å². The molecular weight excluding hydrogens is 242 g/mol. The van der Waals surface area contributed by atoms with Gasteiger partial charge in [0.2, 0.25) is 5.91 Å². The van der Waals surface area contributed by atoms with Crippen LogP contribution in [0.5, 0.6) is 0 Å². The lowest BCUT2D eigenvalue weighted by atomic mass is 9.85. The van der Waals surface area contributed by atoms with Crippen LogP contribution in [0.15, 0.2) is 0 Å². The SMILES string of the molecule is NC(=O)OCCNC(=O)C1(C(N)=S)CCCC1. The van der Waals surface area contributed by atoms with Gasteiger partial charge in [-0.05, 0) is 12.8 Å². The fraction of sp³-hybridized carbons (Fsp3) is 0.700. The molecule has 0 aliphatic heterocycles. The number of hydrogen-bond acceptors (Lipinski definition) is 4. The van der Waals surface area contributed by atoms with Crippen LogP contribution < -0.4 is 16.8 Å². The van der Waals surface area contributed by atoms with E-state index in [1.807, 2.05) is 0 Å². The normalized spacial score (nSPS) is 17.4. The van der Waals surface area contributed by atoms with Crippen molar-refractivity contribution < 1.29 is 14.3 Å². The first-order chi connectivity index (χ1) is 7.99. The van der Waals surface area contributed by atoms with Crippen molar-refractivity contribution in [3.8, 4) is 0 Å². The smallest absolute Gasteiger partial charge is 0.404 e. The molecule has 0 radical (unpaired) electrons. The molecule has 0 heterocycles. The Kier molecular flexibility index (Phi) is 4.68. The minimum atomic E-state index is -0.857. The lowest BCUT2D eigenvalue weighted by molar-refractivity contribution is -0.127. The summed E-state index contributed by atoms with van der Waals surface area (Å²) in [6.45, 7) is 0.265. The third kappa shape index (κ3) is 3.29. The van der Waals surface area contributed by atoms with Gasteiger partial charge in [-0.3, -0.25) is 4.79 Å². The van der Waals surface area contributed by atoms with Gasteiger partial charge >= 0.3 is 6.09 Å². The van der Waals surface area contributed by atoms with E-state index in [2.05, 4.69) is 10.1 Å². The lowest BCUT2D eigenvalue weighted by Crippen LogP contribution is -2.48. The third-order valence-corrected chi connectivity index (χ3v) is 3.39. The molecule has 1 aliphatic rings. The molecular formula is C10H17N3O3S. The first-order valence-corrected chi connectivity index (χ1v) is 5.90. The van der Waals surface area contributed by atoms with Crippen LogP contribution in [0.3, 0.4) is 0 Å². The first-order valence-electron chi connectivity index (χ1n) is 5.49. The molecule has 1 saturated carbocycles. The number of carbonyl (C=O) groups is 2.